The number of carboxylic acid groups (broad SMARTS) is 1. The van der Waals surface area contributed by atoms with Crippen molar-refractivity contribution in [2.75, 3.05) is 13.7 Å². The van der Waals surface area contributed by atoms with Gasteiger partial charge in [-0.05, 0) is 99.0 Å². The Kier molecular flexibility index (Phi) is 8.23. The van der Waals surface area contributed by atoms with Crippen molar-refractivity contribution in [2.24, 2.45) is 4.99 Å². The molecule has 0 radical (unpaired) electrons. The Morgan fingerprint density at radius 1 is 1.07 bits per heavy atom. The Hall–Kier alpha value is -4.08. The van der Waals surface area contributed by atoms with Gasteiger partial charge >= 0.3 is 5.97 Å². The Balaban J connectivity index is 1.39. The third-order valence-electron chi connectivity index (χ3n) is 6.34. The van der Waals surface area contributed by atoms with E-state index < -0.39 is 5.97 Å². The van der Waals surface area contributed by atoms with E-state index in [0.29, 0.717) is 44.9 Å². The number of amidine groups is 1. The number of benzene rings is 4. The Morgan fingerprint density at radius 3 is 2.55 bits per heavy atom. The van der Waals surface area contributed by atoms with Crippen molar-refractivity contribution >= 4 is 67.3 Å². The van der Waals surface area contributed by atoms with Crippen molar-refractivity contribution in [3.63, 3.8) is 0 Å². The first kappa shape index (κ1) is 27.5. The van der Waals surface area contributed by atoms with E-state index in [9.17, 15) is 9.59 Å². The number of carbonyl (C=O) groups is 2. The summed E-state index contributed by atoms with van der Waals surface area (Å²) in [4.78, 5) is 31.0. The molecule has 0 unspecified atom stereocenters. The molecule has 1 N–H and O–H groups in total. The zero-order valence-electron chi connectivity index (χ0n) is 21.8. The van der Waals surface area contributed by atoms with E-state index in [-0.39, 0.29) is 11.5 Å². The highest BCUT2D eigenvalue weighted by atomic mass is 79.9. The van der Waals surface area contributed by atoms with Crippen LogP contribution >= 0.6 is 27.7 Å². The fraction of sp³-hybridized carbons (Fsp3) is 0.129. The van der Waals surface area contributed by atoms with Crippen LogP contribution in [0.3, 0.4) is 0 Å². The summed E-state index contributed by atoms with van der Waals surface area (Å²) in [5, 5.41) is 11.9. The van der Waals surface area contributed by atoms with Crippen molar-refractivity contribution in [2.45, 2.75) is 13.5 Å². The fourth-order valence-electron chi connectivity index (χ4n) is 4.34. The molecular formula is C31H25BrN2O5S. The van der Waals surface area contributed by atoms with Gasteiger partial charge in [-0.25, -0.2) is 9.79 Å². The van der Waals surface area contributed by atoms with E-state index in [1.807, 2.05) is 43.3 Å². The van der Waals surface area contributed by atoms with Gasteiger partial charge in [0.2, 0.25) is 0 Å². The van der Waals surface area contributed by atoms with Crippen LogP contribution in [-0.2, 0) is 11.4 Å². The van der Waals surface area contributed by atoms with Crippen molar-refractivity contribution in [3.05, 3.63) is 105 Å². The van der Waals surface area contributed by atoms with Crippen molar-refractivity contribution in [1.29, 1.82) is 0 Å². The van der Waals surface area contributed by atoms with Crippen LogP contribution in [0.5, 0.6) is 11.5 Å². The molecule has 1 fully saturated rings. The highest BCUT2D eigenvalue weighted by molar-refractivity contribution is 9.10. The molecule has 0 spiro atoms. The maximum Gasteiger partial charge on any atom is 0.335 e. The van der Waals surface area contributed by atoms with Crippen LogP contribution in [0.15, 0.2) is 93.2 Å². The van der Waals surface area contributed by atoms with Crippen LogP contribution < -0.4 is 9.47 Å². The maximum absolute atomic E-state index is 13.2. The zero-order valence-corrected chi connectivity index (χ0v) is 24.2. The summed E-state index contributed by atoms with van der Waals surface area (Å²) < 4.78 is 12.6. The van der Waals surface area contributed by atoms with Gasteiger partial charge in [0.1, 0.15) is 6.61 Å². The van der Waals surface area contributed by atoms with E-state index in [1.165, 1.54) is 23.9 Å². The molecule has 4 aromatic carbocycles. The van der Waals surface area contributed by atoms with Crippen LogP contribution in [0.25, 0.3) is 16.8 Å². The Labute approximate surface area is 244 Å². The number of carbonyl (C=O) groups excluding carboxylic acids is 1. The smallest absolute Gasteiger partial charge is 0.335 e. The van der Waals surface area contributed by atoms with Crippen molar-refractivity contribution < 1.29 is 24.2 Å². The summed E-state index contributed by atoms with van der Waals surface area (Å²) >= 11 is 4.89. The van der Waals surface area contributed by atoms with Gasteiger partial charge in [0, 0.05) is 6.54 Å². The monoisotopic (exact) mass is 616 g/mol. The number of thioether (sulfide) groups is 1. The highest BCUT2D eigenvalue weighted by Crippen LogP contribution is 2.40. The van der Waals surface area contributed by atoms with Crippen molar-refractivity contribution in [1.82, 2.24) is 4.90 Å². The summed E-state index contributed by atoms with van der Waals surface area (Å²) in [5.74, 6) is -0.0433. The quantitative estimate of drug-likeness (QED) is 0.206. The molecule has 4 aromatic rings. The minimum Gasteiger partial charge on any atom is -0.493 e. The number of methoxy groups -OCH3 is 1. The molecule has 0 saturated carbocycles. The molecule has 40 heavy (non-hydrogen) atoms. The van der Waals surface area contributed by atoms with Crippen LogP contribution in [0, 0.1) is 0 Å². The average molecular weight is 618 g/mol. The average Bonchev–Trinajstić information content (AvgIpc) is 3.25. The second-order valence-electron chi connectivity index (χ2n) is 8.87. The number of hydrogen-bond donors (Lipinski definition) is 1. The number of hydrogen-bond acceptors (Lipinski definition) is 6. The SMILES string of the molecule is CCN1C(=O)/C(=C/c2cc(Br)c(OCc3cccc4ccccc34)c(OC)c2)SC1=Nc1ccc(C(=O)O)cc1. The number of fused-ring (bicyclic) bond motifs is 1. The molecule has 1 saturated heterocycles. The van der Waals surface area contributed by atoms with Gasteiger partial charge in [-0.2, -0.15) is 0 Å². The molecular weight excluding hydrogens is 592 g/mol. The van der Waals surface area contributed by atoms with E-state index in [1.54, 1.807) is 30.2 Å². The third kappa shape index (κ3) is 5.76. The van der Waals surface area contributed by atoms with E-state index in [4.69, 9.17) is 14.6 Å². The molecule has 0 bridgehead atoms. The highest BCUT2D eigenvalue weighted by Gasteiger charge is 2.32. The van der Waals surface area contributed by atoms with Crippen LogP contribution in [-0.4, -0.2) is 40.7 Å². The van der Waals surface area contributed by atoms with E-state index in [0.717, 1.165) is 21.9 Å². The minimum atomic E-state index is -1.00. The van der Waals surface area contributed by atoms with Gasteiger partial charge in [0.25, 0.3) is 5.91 Å². The fourth-order valence-corrected chi connectivity index (χ4v) is 5.98. The molecule has 7 nitrogen and oxygen atoms in total. The first-order valence-electron chi connectivity index (χ1n) is 12.5. The number of halogens is 1. The summed E-state index contributed by atoms with van der Waals surface area (Å²) in [5.41, 5.74) is 2.57. The number of aliphatic imine (C=N–C) groups is 1. The number of nitrogens with zero attached hydrogens (tertiary/aromatic N) is 2. The molecule has 5 rings (SSSR count). The summed E-state index contributed by atoms with van der Waals surface area (Å²) in [6.45, 7) is 2.69. The molecule has 0 aliphatic carbocycles. The van der Waals surface area contributed by atoms with E-state index >= 15 is 0 Å². The van der Waals surface area contributed by atoms with Gasteiger partial charge in [-0.15, -0.1) is 0 Å². The van der Waals surface area contributed by atoms with Gasteiger partial charge in [0.15, 0.2) is 16.7 Å². The first-order chi connectivity index (χ1) is 19.4. The lowest BCUT2D eigenvalue weighted by Gasteiger charge is -2.15. The molecule has 202 valence electrons. The van der Waals surface area contributed by atoms with E-state index in [2.05, 4.69) is 39.1 Å². The molecule has 0 aromatic heterocycles. The molecule has 1 aliphatic rings. The molecule has 0 atom stereocenters. The number of carboxylic acids is 1. The second-order valence-corrected chi connectivity index (χ2v) is 10.7. The predicted octanol–water partition coefficient (Wildman–Crippen LogP) is 7.51. The van der Waals surface area contributed by atoms with Crippen LogP contribution in [0.1, 0.15) is 28.4 Å². The number of amides is 1. The standard InChI is InChI=1S/C31H25BrN2O5S/c1-3-34-29(35)27(40-31(34)33-23-13-11-21(12-14-23)30(36)37)17-19-15-25(32)28(26(16-19)38-2)39-18-22-9-6-8-20-7-4-5-10-24(20)22/h4-17H,3,18H2,1-2H3,(H,36,37)/b27-17-,33-31?. The predicted molar refractivity (Wildman–Crippen MR) is 162 cm³/mol. The molecule has 1 heterocycles. The van der Waals surface area contributed by atoms with Gasteiger partial charge in [0.05, 0.1) is 27.7 Å². The third-order valence-corrected chi connectivity index (χ3v) is 7.94. The maximum atomic E-state index is 13.2. The zero-order chi connectivity index (χ0) is 28.2. The van der Waals surface area contributed by atoms with Crippen molar-refractivity contribution in [3.8, 4) is 11.5 Å². The molecule has 1 amide bonds. The summed E-state index contributed by atoms with van der Waals surface area (Å²) in [7, 11) is 1.58. The van der Waals surface area contributed by atoms with Crippen LogP contribution in [0.4, 0.5) is 5.69 Å². The van der Waals surface area contributed by atoms with Gasteiger partial charge in [-0.1, -0.05) is 42.5 Å². The molecule has 9 heteroatoms. The largest absolute Gasteiger partial charge is 0.493 e. The second kappa shape index (κ2) is 12.0. The molecule has 1 aliphatic heterocycles. The summed E-state index contributed by atoms with van der Waals surface area (Å²) in [6.07, 6.45) is 1.80. The lowest BCUT2D eigenvalue weighted by atomic mass is 10.1. The Bertz CT molecular complexity index is 1660. The summed E-state index contributed by atoms with van der Waals surface area (Å²) in [6, 6.07) is 24.3. The number of ether oxygens (including phenoxy) is 2. The lowest BCUT2D eigenvalue weighted by molar-refractivity contribution is -0.122. The Morgan fingerprint density at radius 2 is 1.82 bits per heavy atom. The first-order valence-corrected chi connectivity index (χ1v) is 14.1. The van der Waals surface area contributed by atoms with Gasteiger partial charge in [-0.3, -0.25) is 9.69 Å². The van der Waals surface area contributed by atoms with Crippen LogP contribution in [0.2, 0.25) is 0 Å². The topological polar surface area (TPSA) is 88.4 Å². The number of likely N-dealkylation sites (N-methyl/N-ethyl adjacent to an activating group) is 1. The minimum absolute atomic E-state index is 0.153. The normalized spacial score (nSPS) is 15.3. The number of aromatic carboxylic acids is 1. The lowest BCUT2D eigenvalue weighted by Crippen LogP contribution is -2.28. The van der Waals surface area contributed by atoms with Gasteiger partial charge < -0.3 is 14.6 Å². The number of rotatable bonds is 8.